The van der Waals surface area contributed by atoms with Crippen LogP contribution in [0.15, 0.2) is 36.4 Å². The van der Waals surface area contributed by atoms with E-state index in [1.807, 2.05) is 6.92 Å². The summed E-state index contributed by atoms with van der Waals surface area (Å²) in [5, 5.41) is 2.94. The van der Waals surface area contributed by atoms with Crippen molar-refractivity contribution in [2.75, 3.05) is 0 Å². The van der Waals surface area contributed by atoms with Crippen LogP contribution in [0.2, 0.25) is 0 Å². The van der Waals surface area contributed by atoms with Crippen LogP contribution in [0, 0.1) is 27.7 Å². The summed E-state index contributed by atoms with van der Waals surface area (Å²) in [4.78, 5) is 11.4. The van der Waals surface area contributed by atoms with Crippen molar-refractivity contribution in [2.24, 2.45) is 0 Å². The number of benzene rings is 2. The van der Waals surface area contributed by atoms with Crippen LogP contribution in [0.1, 0.15) is 65.1 Å². The number of rotatable bonds is 6. The number of hydrogen-bond acceptors (Lipinski definition) is 1. The topological polar surface area (TPSA) is 29.1 Å². The van der Waals surface area contributed by atoms with Gasteiger partial charge in [-0.05, 0) is 72.6 Å². The average Bonchev–Trinajstić information content (AvgIpc) is 2.62. The predicted octanol–water partition coefficient (Wildman–Crippen LogP) is 5.76. The molecule has 138 valence electrons. The zero-order chi connectivity index (χ0) is 19.3. The van der Waals surface area contributed by atoms with Crippen molar-refractivity contribution < 1.29 is 4.79 Å². The minimum atomic E-state index is 0.0888. The molecule has 1 atom stereocenters. The predicted molar refractivity (Wildman–Crippen MR) is 111 cm³/mol. The summed E-state index contributed by atoms with van der Waals surface area (Å²) < 4.78 is 0. The molecule has 1 amide bonds. The van der Waals surface area contributed by atoms with Gasteiger partial charge in [0, 0.05) is 13.0 Å². The van der Waals surface area contributed by atoms with Crippen molar-refractivity contribution in [3.63, 3.8) is 0 Å². The fraction of sp³-hybridized carbons (Fsp3) is 0.375. The molecule has 0 aliphatic rings. The van der Waals surface area contributed by atoms with Crippen molar-refractivity contribution in [3.8, 4) is 0 Å². The molecule has 1 N–H and O–H groups in total. The van der Waals surface area contributed by atoms with Gasteiger partial charge >= 0.3 is 0 Å². The molecule has 0 spiro atoms. The third-order valence-corrected chi connectivity index (χ3v) is 5.22. The molecule has 2 nitrogen and oxygen atoms in total. The van der Waals surface area contributed by atoms with Crippen LogP contribution in [0.25, 0.3) is 6.08 Å². The molecule has 2 rings (SSSR count). The third-order valence-electron chi connectivity index (χ3n) is 5.22. The second-order valence-corrected chi connectivity index (χ2v) is 7.24. The van der Waals surface area contributed by atoms with E-state index in [9.17, 15) is 4.79 Å². The summed E-state index contributed by atoms with van der Waals surface area (Å²) in [6, 6.07) is 11.0. The SMILES string of the molecule is CCC(=O)NCc1ccc(/C=C/C(C)c2cc(C)c(C)c(C)c2)cc1C. The van der Waals surface area contributed by atoms with Gasteiger partial charge in [-0.1, -0.05) is 56.3 Å². The lowest BCUT2D eigenvalue weighted by Gasteiger charge is -2.13. The standard InChI is InChI=1S/C24H31NO/c1-7-24(26)25-15-22-11-10-21(12-19(22)5)9-8-16(2)23-13-17(3)20(6)18(4)14-23/h8-14,16H,7,15H2,1-6H3,(H,25,26)/b9-8+. The molecule has 0 aliphatic carbocycles. The van der Waals surface area contributed by atoms with Gasteiger partial charge in [0.25, 0.3) is 0 Å². The van der Waals surface area contributed by atoms with Gasteiger partial charge in [-0.3, -0.25) is 4.79 Å². The van der Waals surface area contributed by atoms with E-state index in [4.69, 9.17) is 0 Å². The Morgan fingerprint density at radius 2 is 1.69 bits per heavy atom. The molecule has 0 saturated carbocycles. The maximum atomic E-state index is 11.4. The first-order chi connectivity index (χ1) is 12.3. The van der Waals surface area contributed by atoms with Crippen molar-refractivity contribution >= 4 is 12.0 Å². The van der Waals surface area contributed by atoms with Crippen LogP contribution in [0.3, 0.4) is 0 Å². The second kappa shape index (κ2) is 8.84. The highest BCUT2D eigenvalue weighted by molar-refractivity contribution is 5.75. The number of aryl methyl sites for hydroxylation is 3. The molecule has 0 bridgehead atoms. The molecule has 1 unspecified atom stereocenters. The van der Waals surface area contributed by atoms with E-state index in [0.717, 1.165) is 0 Å². The zero-order valence-electron chi connectivity index (χ0n) is 16.9. The summed E-state index contributed by atoms with van der Waals surface area (Å²) in [5.74, 6) is 0.461. The van der Waals surface area contributed by atoms with Crippen LogP contribution < -0.4 is 5.32 Å². The van der Waals surface area contributed by atoms with Gasteiger partial charge in [0.05, 0.1) is 0 Å². The van der Waals surface area contributed by atoms with Gasteiger partial charge < -0.3 is 5.32 Å². The molecule has 2 aromatic carbocycles. The molecular formula is C24H31NO. The van der Waals surface area contributed by atoms with E-state index >= 15 is 0 Å². The highest BCUT2D eigenvalue weighted by Crippen LogP contribution is 2.24. The largest absolute Gasteiger partial charge is 0.352 e. The molecule has 0 saturated heterocycles. The van der Waals surface area contributed by atoms with Crippen LogP contribution >= 0.6 is 0 Å². The van der Waals surface area contributed by atoms with Gasteiger partial charge in [0.15, 0.2) is 0 Å². The number of allylic oxidation sites excluding steroid dienone is 1. The molecule has 0 heterocycles. The number of amides is 1. The molecule has 0 fully saturated rings. The van der Waals surface area contributed by atoms with Crippen LogP contribution in [-0.2, 0) is 11.3 Å². The Kier molecular flexibility index (Phi) is 6.79. The Bertz CT molecular complexity index is 794. The normalized spacial score (nSPS) is 12.4. The lowest BCUT2D eigenvalue weighted by atomic mass is 9.93. The van der Waals surface area contributed by atoms with E-state index in [2.05, 4.69) is 82.4 Å². The molecule has 2 heteroatoms. The lowest BCUT2D eigenvalue weighted by Crippen LogP contribution is -2.21. The van der Waals surface area contributed by atoms with Gasteiger partial charge in [-0.15, -0.1) is 0 Å². The average molecular weight is 350 g/mol. The first kappa shape index (κ1) is 20.0. The monoisotopic (exact) mass is 349 g/mol. The number of carbonyl (C=O) groups excluding carboxylic acids is 1. The van der Waals surface area contributed by atoms with Crippen LogP contribution in [0.4, 0.5) is 0 Å². The summed E-state index contributed by atoms with van der Waals surface area (Å²) in [7, 11) is 0. The maximum Gasteiger partial charge on any atom is 0.219 e. The van der Waals surface area contributed by atoms with Crippen molar-refractivity contribution in [1.29, 1.82) is 0 Å². The molecule has 26 heavy (non-hydrogen) atoms. The summed E-state index contributed by atoms with van der Waals surface area (Å²) >= 11 is 0. The number of hydrogen-bond donors (Lipinski definition) is 1. The number of nitrogens with one attached hydrogen (secondary N) is 1. The minimum Gasteiger partial charge on any atom is -0.352 e. The van der Waals surface area contributed by atoms with Crippen LogP contribution in [0.5, 0.6) is 0 Å². The molecule has 0 radical (unpaired) electrons. The highest BCUT2D eigenvalue weighted by atomic mass is 16.1. The fourth-order valence-corrected chi connectivity index (χ4v) is 3.04. The van der Waals surface area contributed by atoms with E-state index in [1.54, 1.807) is 0 Å². The summed E-state index contributed by atoms with van der Waals surface area (Å²) in [5.41, 5.74) is 9.02. The zero-order valence-corrected chi connectivity index (χ0v) is 16.9. The van der Waals surface area contributed by atoms with E-state index in [1.165, 1.54) is 38.9 Å². The third kappa shape index (κ3) is 5.08. The van der Waals surface area contributed by atoms with Crippen molar-refractivity contribution in [2.45, 2.75) is 60.4 Å². The molecule has 2 aromatic rings. The second-order valence-electron chi connectivity index (χ2n) is 7.24. The molecule has 0 aromatic heterocycles. The van der Waals surface area contributed by atoms with E-state index in [-0.39, 0.29) is 5.91 Å². The number of carbonyl (C=O) groups is 1. The highest BCUT2D eigenvalue weighted by Gasteiger charge is 2.06. The first-order valence-corrected chi connectivity index (χ1v) is 9.44. The Hall–Kier alpha value is -2.35. The van der Waals surface area contributed by atoms with Gasteiger partial charge in [0.1, 0.15) is 0 Å². The fourth-order valence-electron chi connectivity index (χ4n) is 3.04. The van der Waals surface area contributed by atoms with Gasteiger partial charge in [-0.2, -0.15) is 0 Å². The Balaban J connectivity index is 2.10. The minimum absolute atomic E-state index is 0.0888. The summed E-state index contributed by atoms with van der Waals surface area (Å²) in [6.07, 6.45) is 4.98. The van der Waals surface area contributed by atoms with Gasteiger partial charge in [0.2, 0.25) is 5.91 Å². The first-order valence-electron chi connectivity index (χ1n) is 9.44. The Labute approximate surface area is 158 Å². The van der Waals surface area contributed by atoms with Crippen molar-refractivity contribution in [3.05, 3.63) is 75.4 Å². The molecule has 0 aliphatic heterocycles. The molecular weight excluding hydrogens is 318 g/mol. The van der Waals surface area contributed by atoms with Crippen molar-refractivity contribution in [1.82, 2.24) is 5.32 Å². The van der Waals surface area contributed by atoms with Gasteiger partial charge in [-0.25, -0.2) is 0 Å². The quantitative estimate of drug-likeness (QED) is 0.705. The summed E-state index contributed by atoms with van der Waals surface area (Å²) in [6.45, 7) is 13.4. The smallest absolute Gasteiger partial charge is 0.219 e. The van der Waals surface area contributed by atoms with E-state index < -0.39 is 0 Å². The maximum absolute atomic E-state index is 11.4. The van der Waals surface area contributed by atoms with Crippen LogP contribution in [-0.4, -0.2) is 5.91 Å². The van der Waals surface area contributed by atoms with E-state index in [0.29, 0.717) is 18.9 Å². The Morgan fingerprint density at radius 1 is 1.04 bits per heavy atom. The Morgan fingerprint density at radius 3 is 2.27 bits per heavy atom. The lowest BCUT2D eigenvalue weighted by molar-refractivity contribution is -0.120.